The van der Waals surface area contributed by atoms with Crippen molar-refractivity contribution in [3.05, 3.63) is 0 Å². The van der Waals surface area contributed by atoms with Crippen LogP contribution in [-0.2, 0) is 0 Å². The Labute approximate surface area is 689 Å². The minimum Gasteiger partial charge on any atom is -0.393 e. The van der Waals surface area contributed by atoms with Crippen LogP contribution in [0.25, 0.3) is 0 Å². The second-order valence-corrected chi connectivity index (χ2v) is 45.0. The van der Waals surface area contributed by atoms with Crippen LogP contribution >= 0.6 is 0 Å². The molecule has 0 bridgehead atoms. The molecule has 0 radical (unpaired) electrons. The van der Waals surface area contributed by atoms with E-state index in [9.17, 15) is 35.7 Å². The molecular weight excluding hydrogens is 1330 g/mol. The fraction of sp³-hybridized carbons (Fsp3) is 1.00. The van der Waals surface area contributed by atoms with Gasteiger partial charge in [0, 0.05) is 0 Å². The minimum atomic E-state index is -0.520. The van der Waals surface area contributed by atoms with Gasteiger partial charge in [0.15, 0.2) is 0 Å². The lowest BCUT2D eigenvalue weighted by atomic mass is 9.75. The second kappa shape index (κ2) is 66.7. The zero-order valence-electron chi connectivity index (χ0n) is 86.0. The van der Waals surface area contributed by atoms with Crippen LogP contribution in [0, 0.1) is 159 Å². The molecule has 0 amide bonds. The van der Waals surface area contributed by atoms with Crippen LogP contribution in [0.5, 0.6) is 0 Å². The van der Waals surface area contributed by atoms with Crippen molar-refractivity contribution in [2.45, 2.75) is 499 Å². The van der Waals surface area contributed by atoms with Crippen molar-refractivity contribution in [1.82, 2.24) is 0 Å². The van der Waals surface area contributed by atoms with E-state index in [0.717, 1.165) is 104 Å². The van der Waals surface area contributed by atoms with Crippen LogP contribution in [0.2, 0.25) is 0 Å². The molecule has 0 fully saturated rings. The van der Waals surface area contributed by atoms with Crippen molar-refractivity contribution in [2.75, 3.05) is 0 Å². The number of rotatable bonds is 34. The second-order valence-electron chi connectivity index (χ2n) is 45.0. The van der Waals surface area contributed by atoms with E-state index in [1.807, 2.05) is 55.4 Å². The summed E-state index contributed by atoms with van der Waals surface area (Å²) >= 11 is 0. The molecule has 7 N–H and O–H groups in total. The molecule has 108 heavy (non-hydrogen) atoms. The topological polar surface area (TPSA) is 142 Å². The van der Waals surface area contributed by atoms with Crippen molar-refractivity contribution in [1.29, 1.82) is 0 Å². The van der Waals surface area contributed by atoms with E-state index in [0.29, 0.717) is 99.6 Å². The zero-order chi connectivity index (χ0) is 89.9. The Morgan fingerprint density at radius 3 is 0.472 bits per heavy atom. The molecule has 10 unspecified atom stereocenters. The van der Waals surface area contributed by atoms with Gasteiger partial charge in [-0.3, -0.25) is 0 Å². The first-order chi connectivity index (χ1) is 47.7. The van der Waals surface area contributed by atoms with Gasteiger partial charge in [0.05, 0.1) is 40.2 Å². The highest BCUT2D eigenvalue weighted by Crippen LogP contribution is 2.36. The first kappa shape index (κ1) is 131. The number of hydrogen-bond acceptors (Lipinski definition) is 7. The van der Waals surface area contributed by atoms with Gasteiger partial charge in [-0.2, -0.15) is 0 Å². The third-order valence-corrected chi connectivity index (χ3v) is 23.7. The molecule has 10 atom stereocenters. The fourth-order valence-corrected chi connectivity index (χ4v) is 12.0. The number of aliphatic hydroxyl groups is 7. The Bertz CT molecular complexity index is 1620. The van der Waals surface area contributed by atoms with Crippen molar-refractivity contribution >= 4 is 0 Å². The molecule has 7 nitrogen and oxygen atoms in total. The lowest BCUT2D eigenvalue weighted by Crippen LogP contribution is -2.40. The molecule has 0 aliphatic heterocycles. The monoisotopic (exact) mass is 1550 g/mol. The standard InChI is InChI=1S/2C10H22O.2C10H22.3C9H20O.2C9H20.2C8H18O/c1-7(2)9(5)10(6,11)8(3)4;1-6-10(11,9(4)5)7-8(2)3;2*1-8(2)7-10(5,6)9(3)4;3*1-7(2)6-9(5,10)8(3)4;2*1-7(2)6-9(5)8(3)4;2*1-6(2)5-8(9)7(3)4/h7-9,11H,1-6H3;8-9,11H,6-7H2,1-5H3;2*8-9H,7H2,1-6H3;3*7-8,10H,6H2,1-5H3;2*7-9H,6H2,1-5H3;2*6-9H,5H2,1-4H3. The third kappa shape index (κ3) is 85.1. The maximum Gasteiger partial charge on any atom is 0.0670 e. The third-order valence-electron chi connectivity index (χ3n) is 23.7. The van der Waals surface area contributed by atoms with Crippen LogP contribution in [-0.4, -0.2) is 76.0 Å². The summed E-state index contributed by atoms with van der Waals surface area (Å²) < 4.78 is 0. The first-order valence-corrected chi connectivity index (χ1v) is 45.6. The summed E-state index contributed by atoms with van der Waals surface area (Å²) in [6, 6.07) is 0. The van der Waals surface area contributed by atoms with Crippen LogP contribution < -0.4 is 0 Å². The quantitative estimate of drug-likeness (QED) is 0.0340. The Morgan fingerprint density at radius 2 is 0.417 bits per heavy atom. The Kier molecular flexibility index (Phi) is 81.0. The van der Waals surface area contributed by atoms with Gasteiger partial charge in [-0.25, -0.2) is 0 Å². The van der Waals surface area contributed by atoms with Gasteiger partial charge in [0.1, 0.15) is 0 Å². The predicted octanol–water partition coefficient (Wildman–Crippen LogP) is 31.0. The molecule has 0 aliphatic carbocycles. The van der Waals surface area contributed by atoms with Gasteiger partial charge in [-0.1, -0.05) is 360 Å². The summed E-state index contributed by atoms with van der Waals surface area (Å²) in [6.07, 6.45) is 11.5. The summed E-state index contributed by atoms with van der Waals surface area (Å²) in [5.41, 5.74) is -1.35. The molecule has 0 heterocycles. The molecular formula is C101H224O7. The average Bonchev–Trinajstić information content (AvgIpc) is 0.853. The average molecular weight is 1550 g/mol. The van der Waals surface area contributed by atoms with E-state index in [1.165, 1.54) is 25.7 Å². The molecule has 670 valence electrons. The Hall–Kier alpha value is -0.280. The first-order valence-electron chi connectivity index (χ1n) is 45.6. The molecule has 7 heteroatoms. The van der Waals surface area contributed by atoms with Crippen LogP contribution in [0.1, 0.15) is 458 Å². The summed E-state index contributed by atoms with van der Waals surface area (Å²) in [5, 5.41) is 68.0. The van der Waals surface area contributed by atoms with Crippen molar-refractivity contribution < 1.29 is 35.7 Å². The van der Waals surface area contributed by atoms with Gasteiger partial charge in [0.25, 0.3) is 0 Å². The molecule has 0 aromatic heterocycles. The van der Waals surface area contributed by atoms with E-state index >= 15 is 0 Å². The number of aliphatic hydroxyl groups excluding tert-OH is 2. The molecule has 0 spiro atoms. The van der Waals surface area contributed by atoms with Gasteiger partial charge in [-0.05, 0) is 257 Å². The zero-order valence-corrected chi connectivity index (χ0v) is 86.0. The van der Waals surface area contributed by atoms with Crippen molar-refractivity contribution in [3.63, 3.8) is 0 Å². The number of hydrogen-bond donors (Lipinski definition) is 7. The molecule has 0 aromatic rings. The molecule has 0 rings (SSSR count). The van der Waals surface area contributed by atoms with E-state index in [2.05, 4.69) is 332 Å². The van der Waals surface area contributed by atoms with Crippen molar-refractivity contribution in [3.8, 4) is 0 Å². The lowest BCUT2D eigenvalue weighted by molar-refractivity contribution is -0.0512. The van der Waals surface area contributed by atoms with Gasteiger partial charge >= 0.3 is 0 Å². The summed E-state index contributed by atoms with van der Waals surface area (Å²) in [5.74, 6) is 15.5. The lowest BCUT2D eigenvalue weighted by Gasteiger charge is -2.36. The Morgan fingerprint density at radius 1 is 0.213 bits per heavy atom. The van der Waals surface area contributed by atoms with Gasteiger partial charge < -0.3 is 35.7 Å². The summed E-state index contributed by atoms with van der Waals surface area (Å²) in [7, 11) is 0. The fourth-order valence-electron chi connectivity index (χ4n) is 12.0. The van der Waals surface area contributed by atoms with Gasteiger partial charge in [-0.15, -0.1) is 0 Å². The molecule has 0 aromatic carbocycles. The van der Waals surface area contributed by atoms with Crippen LogP contribution in [0.4, 0.5) is 0 Å². The predicted molar refractivity (Wildman–Crippen MR) is 497 cm³/mol. The maximum absolute atomic E-state index is 10.1. The molecule has 0 saturated heterocycles. The summed E-state index contributed by atoms with van der Waals surface area (Å²) in [6.45, 7) is 122. The van der Waals surface area contributed by atoms with E-state index < -0.39 is 28.0 Å². The minimum absolute atomic E-state index is 0.106. The SMILES string of the molecule is CC(C)C(C)C(C)(O)C(C)C.CC(C)CC(C)(C)C(C)C.CC(C)CC(C)(C)C(C)C.CC(C)CC(C)(O)C(C)C.CC(C)CC(C)(O)C(C)C.CC(C)CC(C)(O)C(C)C.CC(C)CC(C)C(C)C.CC(C)CC(C)C(C)C.CC(C)CC(O)C(C)C.CC(C)CC(O)C(C)C.CCC(O)(CC(C)C)C(C)C. The molecule has 0 saturated carbocycles. The highest BCUT2D eigenvalue weighted by molar-refractivity contribution is 4.85. The highest BCUT2D eigenvalue weighted by atomic mass is 16.3. The normalized spacial score (nSPS) is 16.3. The maximum atomic E-state index is 10.1. The largest absolute Gasteiger partial charge is 0.393 e. The Balaban J connectivity index is -0.000000107. The smallest absolute Gasteiger partial charge is 0.0670 e. The van der Waals surface area contributed by atoms with E-state index in [1.54, 1.807) is 0 Å². The highest BCUT2D eigenvalue weighted by Gasteiger charge is 2.34. The van der Waals surface area contributed by atoms with Crippen LogP contribution in [0.3, 0.4) is 0 Å². The summed E-state index contributed by atoms with van der Waals surface area (Å²) in [4.78, 5) is 0. The molecule has 0 aliphatic rings. The van der Waals surface area contributed by atoms with Crippen molar-refractivity contribution in [2.24, 2.45) is 159 Å². The van der Waals surface area contributed by atoms with Crippen LogP contribution in [0.15, 0.2) is 0 Å². The van der Waals surface area contributed by atoms with E-state index in [4.69, 9.17) is 0 Å². The van der Waals surface area contributed by atoms with E-state index in [-0.39, 0.29) is 12.2 Å². The van der Waals surface area contributed by atoms with Gasteiger partial charge in [0.2, 0.25) is 0 Å².